The second-order valence-corrected chi connectivity index (χ2v) is 5.35. The van der Waals surface area contributed by atoms with Crippen molar-refractivity contribution in [3.05, 3.63) is 23.3 Å². The molecule has 3 unspecified atom stereocenters. The Balaban J connectivity index is 2.03. The van der Waals surface area contributed by atoms with Gasteiger partial charge in [-0.15, -0.1) is 0 Å². The molecule has 18 heavy (non-hydrogen) atoms. The van der Waals surface area contributed by atoms with Crippen LogP contribution in [0.1, 0.15) is 39.5 Å². The number of carbonyl (C=O) groups excluding carboxylic acids is 1. The van der Waals surface area contributed by atoms with Gasteiger partial charge in [0, 0.05) is 18.9 Å². The van der Waals surface area contributed by atoms with Crippen molar-refractivity contribution < 1.29 is 14.6 Å². The van der Waals surface area contributed by atoms with E-state index in [0.717, 1.165) is 24.8 Å². The van der Waals surface area contributed by atoms with E-state index in [0.29, 0.717) is 6.42 Å². The van der Waals surface area contributed by atoms with E-state index in [1.807, 2.05) is 13.0 Å². The van der Waals surface area contributed by atoms with Gasteiger partial charge in [-0.1, -0.05) is 11.6 Å². The maximum Gasteiger partial charge on any atom is 0.159 e. The van der Waals surface area contributed by atoms with Crippen molar-refractivity contribution in [2.24, 2.45) is 5.92 Å². The Hall–Kier alpha value is -0.930. The van der Waals surface area contributed by atoms with Crippen molar-refractivity contribution >= 4 is 5.78 Å². The number of fused-ring (bicyclic) bond motifs is 1. The van der Waals surface area contributed by atoms with E-state index in [9.17, 15) is 4.79 Å². The van der Waals surface area contributed by atoms with Crippen LogP contribution < -0.4 is 0 Å². The van der Waals surface area contributed by atoms with Crippen molar-refractivity contribution in [1.82, 2.24) is 0 Å². The molecule has 100 valence electrons. The van der Waals surface area contributed by atoms with E-state index in [1.54, 1.807) is 0 Å². The maximum absolute atomic E-state index is 11.7. The molecule has 0 aromatic rings. The summed E-state index contributed by atoms with van der Waals surface area (Å²) in [5.41, 5.74) is 2.11. The van der Waals surface area contributed by atoms with Crippen LogP contribution in [0.4, 0.5) is 0 Å². The fourth-order valence-corrected chi connectivity index (χ4v) is 2.75. The minimum absolute atomic E-state index is 0.0619. The predicted octanol–water partition coefficient (Wildman–Crippen LogP) is 2.40. The molecule has 3 atom stereocenters. The lowest BCUT2D eigenvalue weighted by Crippen LogP contribution is -2.37. The third-order valence-electron chi connectivity index (χ3n) is 3.92. The van der Waals surface area contributed by atoms with Crippen LogP contribution >= 0.6 is 0 Å². The first-order chi connectivity index (χ1) is 8.61. The molecule has 1 N–H and O–H groups in total. The molecule has 3 nitrogen and oxygen atoms in total. The summed E-state index contributed by atoms with van der Waals surface area (Å²) in [5, 5.41) is 8.80. The molecule has 2 aliphatic rings. The van der Waals surface area contributed by atoms with Crippen molar-refractivity contribution in [2.75, 3.05) is 6.61 Å². The minimum atomic E-state index is 0.0619. The number of allylic oxidation sites excluding steroid dienone is 1. The molecule has 0 spiro atoms. The Morgan fingerprint density at radius 1 is 1.33 bits per heavy atom. The molecule has 0 amide bonds. The van der Waals surface area contributed by atoms with Gasteiger partial charge in [-0.25, -0.2) is 0 Å². The number of aliphatic hydroxyl groups is 1. The van der Waals surface area contributed by atoms with E-state index in [1.165, 1.54) is 5.57 Å². The first-order valence-electron chi connectivity index (χ1n) is 6.78. The van der Waals surface area contributed by atoms with E-state index >= 15 is 0 Å². The van der Waals surface area contributed by atoms with Gasteiger partial charge in [0.15, 0.2) is 5.78 Å². The largest absolute Gasteiger partial charge is 0.396 e. The van der Waals surface area contributed by atoms with E-state index in [4.69, 9.17) is 9.84 Å². The number of aliphatic hydroxyl groups excluding tert-OH is 1. The highest BCUT2D eigenvalue weighted by Gasteiger charge is 2.34. The molecular formula is C15H22O3. The Morgan fingerprint density at radius 2 is 2.11 bits per heavy atom. The fourth-order valence-electron chi connectivity index (χ4n) is 2.75. The van der Waals surface area contributed by atoms with Crippen LogP contribution in [0.3, 0.4) is 0 Å². The number of unbranched alkanes of at least 4 members (excludes halogenated alkanes) is 1. The Labute approximate surface area is 109 Å². The Bertz CT molecular complexity index is 381. The first kappa shape index (κ1) is 13.5. The molecule has 3 heteroatoms. The van der Waals surface area contributed by atoms with Gasteiger partial charge in [0.25, 0.3) is 0 Å². The molecule has 0 bridgehead atoms. The van der Waals surface area contributed by atoms with Crippen molar-refractivity contribution in [3.63, 3.8) is 0 Å². The van der Waals surface area contributed by atoms with Crippen LogP contribution in [0.2, 0.25) is 0 Å². The number of ether oxygens (including phenoxy) is 1. The van der Waals surface area contributed by atoms with E-state index < -0.39 is 0 Å². The molecule has 0 fully saturated rings. The summed E-state index contributed by atoms with van der Waals surface area (Å²) >= 11 is 0. The zero-order valence-corrected chi connectivity index (χ0v) is 11.2. The van der Waals surface area contributed by atoms with Crippen LogP contribution in [-0.4, -0.2) is 29.7 Å². The Morgan fingerprint density at radius 3 is 2.83 bits per heavy atom. The summed E-state index contributed by atoms with van der Waals surface area (Å²) in [6.07, 6.45) is 7.66. The topological polar surface area (TPSA) is 46.5 Å². The second kappa shape index (κ2) is 5.81. The molecule has 1 heterocycles. The molecule has 1 aliphatic carbocycles. The molecule has 2 rings (SSSR count). The van der Waals surface area contributed by atoms with Gasteiger partial charge in [0.05, 0.1) is 12.2 Å². The predicted molar refractivity (Wildman–Crippen MR) is 70.2 cm³/mol. The normalized spacial score (nSPS) is 31.7. The number of Topliss-reactive ketones (excluding diaryl/α,β-unsaturated/α-hetero) is 1. The smallest absolute Gasteiger partial charge is 0.159 e. The average molecular weight is 250 g/mol. The lowest BCUT2D eigenvalue weighted by molar-refractivity contribution is -0.119. The number of carbonyl (C=O) groups is 1. The molecule has 0 aromatic heterocycles. The number of rotatable bonds is 4. The third kappa shape index (κ3) is 2.90. The van der Waals surface area contributed by atoms with E-state index in [-0.39, 0.29) is 30.5 Å². The summed E-state index contributed by atoms with van der Waals surface area (Å²) in [6.45, 7) is 4.21. The van der Waals surface area contributed by atoms with Gasteiger partial charge in [0.2, 0.25) is 0 Å². The summed E-state index contributed by atoms with van der Waals surface area (Å²) in [6, 6.07) is 0. The second-order valence-electron chi connectivity index (χ2n) is 5.35. The molecule has 0 aromatic carbocycles. The van der Waals surface area contributed by atoms with E-state index in [2.05, 4.69) is 13.0 Å². The van der Waals surface area contributed by atoms with Crippen molar-refractivity contribution in [1.29, 1.82) is 0 Å². The zero-order chi connectivity index (χ0) is 13.1. The van der Waals surface area contributed by atoms with Crippen LogP contribution in [0.5, 0.6) is 0 Å². The molecule has 0 radical (unpaired) electrons. The quantitative estimate of drug-likeness (QED) is 0.615. The average Bonchev–Trinajstić information content (AvgIpc) is 2.32. The third-order valence-corrected chi connectivity index (χ3v) is 3.92. The van der Waals surface area contributed by atoms with Crippen LogP contribution in [0, 0.1) is 5.92 Å². The minimum Gasteiger partial charge on any atom is -0.396 e. The zero-order valence-electron chi connectivity index (χ0n) is 11.2. The summed E-state index contributed by atoms with van der Waals surface area (Å²) in [5.74, 6) is 0.474. The molecular weight excluding hydrogens is 228 g/mol. The van der Waals surface area contributed by atoms with Gasteiger partial charge in [-0.2, -0.15) is 0 Å². The SMILES string of the molecule is CC1=CC2OC(CCCCO)C=C(C)C2CC1=O. The van der Waals surface area contributed by atoms with Crippen LogP contribution in [0.15, 0.2) is 23.3 Å². The highest BCUT2D eigenvalue weighted by atomic mass is 16.5. The van der Waals surface area contributed by atoms with Crippen LogP contribution in [0.25, 0.3) is 0 Å². The highest BCUT2D eigenvalue weighted by Crippen LogP contribution is 2.34. The summed E-state index contributed by atoms with van der Waals surface area (Å²) < 4.78 is 6.04. The summed E-state index contributed by atoms with van der Waals surface area (Å²) in [4.78, 5) is 11.7. The van der Waals surface area contributed by atoms with Crippen molar-refractivity contribution in [2.45, 2.75) is 51.7 Å². The number of ketones is 1. The lowest BCUT2D eigenvalue weighted by atomic mass is 9.80. The number of hydrogen-bond donors (Lipinski definition) is 1. The summed E-state index contributed by atoms with van der Waals surface area (Å²) in [7, 11) is 0. The van der Waals surface area contributed by atoms with Crippen molar-refractivity contribution in [3.8, 4) is 0 Å². The van der Waals surface area contributed by atoms with Gasteiger partial charge in [0.1, 0.15) is 0 Å². The Kier molecular flexibility index (Phi) is 4.36. The standard InChI is InChI=1S/C15H22O3/c1-10-7-12(5-3-4-6-16)18-15-8-11(2)14(17)9-13(10)15/h7-8,12-13,15-16H,3-6,9H2,1-2H3. The maximum atomic E-state index is 11.7. The van der Waals surface area contributed by atoms with Gasteiger partial charge < -0.3 is 9.84 Å². The fraction of sp³-hybridized carbons (Fsp3) is 0.667. The number of hydrogen-bond acceptors (Lipinski definition) is 3. The monoisotopic (exact) mass is 250 g/mol. The molecule has 0 saturated carbocycles. The van der Waals surface area contributed by atoms with Gasteiger partial charge in [-0.05, 0) is 44.8 Å². The highest BCUT2D eigenvalue weighted by molar-refractivity contribution is 5.96. The van der Waals surface area contributed by atoms with Crippen LogP contribution in [-0.2, 0) is 9.53 Å². The first-order valence-corrected chi connectivity index (χ1v) is 6.78. The van der Waals surface area contributed by atoms with Gasteiger partial charge in [-0.3, -0.25) is 4.79 Å². The van der Waals surface area contributed by atoms with Gasteiger partial charge >= 0.3 is 0 Å². The molecule has 1 aliphatic heterocycles. The molecule has 0 saturated heterocycles. The lowest BCUT2D eigenvalue weighted by Gasteiger charge is -2.36.